The summed E-state index contributed by atoms with van der Waals surface area (Å²) in [5.74, 6) is 0.245. The molecule has 1 unspecified atom stereocenters. The average Bonchev–Trinajstić information content (AvgIpc) is 2.02. The average molecular weight is 211 g/mol. The molecule has 14 heavy (non-hydrogen) atoms. The predicted octanol–water partition coefficient (Wildman–Crippen LogP) is 2.02. The van der Waals surface area contributed by atoms with Gasteiger partial charge in [0, 0.05) is 6.26 Å². The van der Waals surface area contributed by atoms with Crippen LogP contribution in [0.25, 0.3) is 0 Å². The normalized spacial score (nSPS) is 13.9. The maximum absolute atomic E-state index is 11.1. The highest BCUT2D eigenvalue weighted by atomic mass is 32.2. The second-order valence-corrected chi connectivity index (χ2v) is 5.92. The molecule has 77 valence electrons. The zero-order chi connectivity index (χ0) is 10.8. The highest BCUT2D eigenvalue weighted by Crippen LogP contribution is 2.17. The van der Waals surface area contributed by atoms with Crippen molar-refractivity contribution in [3.8, 4) is 0 Å². The third-order valence-corrected chi connectivity index (χ3v) is 3.21. The van der Waals surface area contributed by atoms with Gasteiger partial charge in [-0.15, -0.1) is 0 Å². The summed E-state index contributed by atoms with van der Waals surface area (Å²) in [4.78, 5) is 0. The lowest BCUT2D eigenvalue weighted by atomic mass is 10.0. The molecule has 1 aromatic rings. The minimum atomic E-state index is -2.90. The molecule has 0 saturated heterocycles. The Hall–Kier alpha value is -0.830. The van der Waals surface area contributed by atoms with Crippen LogP contribution in [0, 0.1) is 6.92 Å². The van der Waals surface area contributed by atoms with Gasteiger partial charge in [-0.25, -0.2) is 8.42 Å². The highest BCUT2D eigenvalue weighted by molar-refractivity contribution is 7.90. The molecule has 0 aliphatic rings. The van der Waals surface area contributed by atoms with Crippen LogP contribution >= 0.6 is 0 Å². The van der Waals surface area contributed by atoms with Crippen LogP contribution in [0.1, 0.15) is 24.0 Å². The molecule has 3 heteroatoms. The van der Waals surface area contributed by atoms with Crippen molar-refractivity contribution in [1.82, 2.24) is 0 Å². The van der Waals surface area contributed by atoms with Gasteiger partial charge in [-0.2, -0.15) is 0 Å². The van der Waals surface area contributed by atoms with Crippen LogP contribution in [0.2, 0.25) is 0 Å². The zero-order valence-electron chi connectivity index (χ0n) is 8.53. The Balaban J connectivity index is 2.80. The Morgan fingerprint density at radius 3 is 2.21 bits per heavy atom. The van der Waals surface area contributed by atoms with E-state index >= 15 is 0 Å². The monoisotopic (exact) mass is 211 g/mol. The summed E-state index contributed by atoms with van der Waals surface area (Å²) in [6.45, 7) is 5.69. The van der Waals surface area contributed by atoms with E-state index in [0.29, 0.717) is 0 Å². The van der Waals surface area contributed by atoms with E-state index in [1.165, 1.54) is 6.26 Å². The largest absolute Gasteiger partial charge is 0.229 e. The first-order valence-corrected chi connectivity index (χ1v) is 6.54. The fraction of sp³-hybridized carbons (Fsp3) is 0.364. The Morgan fingerprint density at radius 2 is 1.79 bits per heavy atom. The molecule has 2 nitrogen and oxygen atoms in total. The lowest BCUT2D eigenvalue weighted by Crippen LogP contribution is -2.10. The van der Waals surface area contributed by atoms with Gasteiger partial charge in [0.1, 0.15) is 9.84 Å². The van der Waals surface area contributed by atoms with Crippen LogP contribution in [0.3, 0.4) is 0 Å². The van der Waals surface area contributed by atoms with Gasteiger partial charge in [0.25, 0.3) is 0 Å². The molecular weight excluding hydrogens is 196 g/mol. The third kappa shape index (κ3) is 3.50. The predicted molar refractivity (Wildman–Crippen MR) is 59.0 cm³/mol. The fourth-order valence-corrected chi connectivity index (χ4v) is 2.50. The van der Waals surface area contributed by atoms with Gasteiger partial charge in [-0.05, 0) is 24.0 Å². The molecule has 1 aromatic carbocycles. The number of hydrogen-bond donors (Lipinski definition) is 0. The van der Waals surface area contributed by atoms with Crippen molar-refractivity contribution >= 4 is 9.84 Å². The molecule has 0 N–H and O–H groups in total. The summed E-state index contributed by atoms with van der Waals surface area (Å²) < 4.78 is 22.1. The van der Waals surface area contributed by atoms with E-state index in [1.54, 1.807) is 0 Å². The van der Waals surface area contributed by atoms with Gasteiger partial charge in [-0.3, -0.25) is 0 Å². The molecule has 0 fully saturated rings. The number of hydrogen-bond acceptors (Lipinski definition) is 2. The maximum Gasteiger partial charge on any atom is 0.148 e. The lowest BCUT2D eigenvalue weighted by molar-refractivity contribution is 0.596. The van der Waals surface area contributed by atoms with Crippen LogP contribution in [0.5, 0.6) is 0 Å². The standard InChI is InChI=1S/C11H15O2S/c1-9-4-6-11(7-5-9)10(2)8-14(3,12)13/h4-7,10H,1,8H2,2-3H3. The highest BCUT2D eigenvalue weighted by Gasteiger charge is 2.11. The Bertz CT molecular complexity index is 390. The van der Waals surface area contributed by atoms with Gasteiger partial charge in [0.15, 0.2) is 0 Å². The van der Waals surface area contributed by atoms with Crippen molar-refractivity contribution in [2.75, 3.05) is 12.0 Å². The van der Waals surface area contributed by atoms with Crippen LogP contribution in [0.15, 0.2) is 24.3 Å². The smallest absolute Gasteiger partial charge is 0.148 e. The second-order valence-electron chi connectivity index (χ2n) is 3.74. The number of sulfone groups is 1. The molecule has 0 aliphatic carbocycles. The number of rotatable bonds is 3. The van der Waals surface area contributed by atoms with Crippen molar-refractivity contribution in [1.29, 1.82) is 0 Å². The van der Waals surface area contributed by atoms with Crippen LogP contribution in [0.4, 0.5) is 0 Å². The first-order chi connectivity index (χ1) is 6.38. The van der Waals surface area contributed by atoms with Crippen molar-refractivity contribution in [3.63, 3.8) is 0 Å². The van der Waals surface area contributed by atoms with Crippen LogP contribution in [-0.4, -0.2) is 20.4 Å². The molecular formula is C11H15O2S. The van der Waals surface area contributed by atoms with Crippen molar-refractivity contribution in [2.24, 2.45) is 0 Å². The van der Waals surface area contributed by atoms with E-state index in [9.17, 15) is 8.42 Å². The molecule has 0 saturated carbocycles. The molecule has 0 amide bonds. The van der Waals surface area contributed by atoms with Gasteiger partial charge in [-0.1, -0.05) is 31.2 Å². The van der Waals surface area contributed by atoms with E-state index in [-0.39, 0.29) is 11.7 Å². The molecule has 0 spiro atoms. The first kappa shape index (κ1) is 11.2. The molecule has 0 bridgehead atoms. The summed E-state index contributed by atoms with van der Waals surface area (Å²) in [6, 6.07) is 7.65. The van der Waals surface area contributed by atoms with E-state index in [2.05, 4.69) is 6.92 Å². The Kier molecular flexibility index (Phi) is 3.32. The molecule has 0 aliphatic heterocycles. The second kappa shape index (κ2) is 4.13. The Morgan fingerprint density at radius 1 is 1.29 bits per heavy atom. The third-order valence-electron chi connectivity index (χ3n) is 2.10. The summed E-state index contributed by atoms with van der Waals surface area (Å²) in [5, 5.41) is 0. The van der Waals surface area contributed by atoms with Gasteiger partial charge < -0.3 is 0 Å². The van der Waals surface area contributed by atoms with Gasteiger partial charge in [0.2, 0.25) is 0 Å². The van der Waals surface area contributed by atoms with Crippen LogP contribution in [-0.2, 0) is 9.84 Å². The minimum Gasteiger partial charge on any atom is -0.229 e. The van der Waals surface area contributed by atoms with Gasteiger partial charge in [0.05, 0.1) is 5.75 Å². The first-order valence-electron chi connectivity index (χ1n) is 4.48. The van der Waals surface area contributed by atoms with Crippen molar-refractivity contribution in [2.45, 2.75) is 12.8 Å². The molecule has 1 atom stereocenters. The summed E-state index contributed by atoms with van der Waals surface area (Å²) in [5.41, 5.74) is 1.99. The summed E-state index contributed by atoms with van der Waals surface area (Å²) in [7, 11) is -2.90. The topological polar surface area (TPSA) is 34.1 Å². The van der Waals surface area contributed by atoms with Crippen LogP contribution < -0.4 is 0 Å². The lowest BCUT2D eigenvalue weighted by Gasteiger charge is -2.10. The zero-order valence-corrected chi connectivity index (χ0v) is 9.34. The molecule has 1 rings (SSSR count). The van der Waals surface area contributed by atoms with Crippen molar-refractivity contribution in [3.05, 3.63) is 42.3 Å². The molecule has 0 heterocycles. The van der Waals surface area contributed by atoms with E-state index in [0.717, 1.165) is 11.1 Å². The summed E-state index contributed by atoms with van der Waals surface area (Å²) >= 11 is 0. The summed E-state index contributed by atoms with van der Waals surface area (Å²) in [6.07, 6.45) is 1.26. The Labute approximate surface area is 85.9 Å². The SMILES string of the molecule is [CH2]c1ccc(C(C)CS(C)(=O)=O)cc1. The minimum absolute atomic E-state index is 0.0469. The molecule has 0 aromatic heterocycles. The van der Waals surface area contributed by atoms with E-state index < -0.39 is 9.84 Å². The van der Waals surface area contributed by atoms with E-state index in [4.69, 9.17) is 0 Å². The van der Waals surface area contributed by atoms with Gasteiger partial charge >= 0.3 is 0 Å². The number of benzene rings is 1. The molecule has 1 radical (unpaired) electrons. The quantitative estimate of drug-likeness (QED) is 0.766. The maximum atomic E-state index is 11.1. The van der Waals surface area contributed by atoms with E-state index in [1.807, 2.05) is 31.2 Å². The fourth-order valence-electron chi connectivity index (χ4n) is 1.40. The van der Waals surface area contributed by atoms with Crippen molar-refractivity contribution < 1.29 is 8.42 Å².